The second kappa shape index (κ2) is 8.69. The van der Waals surface area contributed by atoms with E-state index in [0.717, 1.165) is 24.0 Å². The molecule has 3 unspecified atom stereocenters. The SMILES string of the molecule is N=C1CCC(C2CC=C(F)C(CCC3CCCCC3)=N2)C2=C1C=C=CC(F)C2. The molecule has 0 amide bonds. The maximum absolute atomic E-state index is 14.5. The molecule has 0 saturated heterocycles. The molecule has 4 heteroatoms. The molecule has 4 rings (SSSR count). The van der Waals surface area contributed by atoms with Gasteiger partial charge in [-0.3, -0.25) is 4.99 Å². The smallest absolute Gasteiger partial charge is 0.140 e. The third-order valence-corrected chi connectivity index (χ3v) is 6.86. The Labute approximate surface area is 166 Å². The number of hydrogen-bond donors (Lipinski definition) is 1. The summed E-state index contributed by atoms with van der Waals surface area (Å²) in [6.07, 6.45) is 14.4. The van der Waals surface area contributed by atoms with E-state index in [-0.39, 0.29) is 17.8 Å². The summed E-state index contributed by atoms with van der Waals surface area (Å²) in [7, 11) is 0. The molecule has 0 aromatic heterocycles. The lowest BCUT2D eigenvalue weighted by Crippen LogP contribution is -2.30. The molecular weight excluding hydrogens is 354 g/mol. The van der Waals surface area contributed by atoms with Crippen LogP contribution in [0.4, 0.5) is 8.78 Å². The van der Waals surface area contributed by atoms with Gasteiger partial charge in [0.2, 0.25) is 0 Å². The van der Waals surface area contributed by atoms with Gasteiger partial charge in [-0.1, -0.05) is 37.7 Å². The highest BCUT2D eigenvalue weighted by Gasteiger charge is 2.34. The summed E-state index contributed by atoms with van der Waals surface area (Å²) in [6.45, 7) is 0. The zero-order valence-corrected chi connectivity index (χ0v) is 16.5. The van der Waals surface area contributed by atoms with Gasteiger partial charge in [0.05, 0.1) is 11.8 Å². The van der Waals surface area contributed by atoms with Gasteiger partial charge in [0, 0.05) is 23.6 Å². The second-order valence-electron chi connectivity index (χ2n) is 8.73. The van der Waals surface area contributed by atoms with Crippen molar-refractivity contribution in [2.75, 3.05) is 0 Å². The number of nitrogens with one attached hydrogen (secondary N) is 1. The number of aliphatic imine (C=N–C) groups is 1. The molecule has 0 spiro atoms. The summed E-state index contributed by atoms with van der Waals surface area (Å²) >= 11 is 0. The van der Waals surface area contributed by atoms with Crippen molar-refractivity contribution in [3.8, 4) is 0 Å². The van der Waals surface area contributed by atoms with Gasteiger partial charge in [-0.15, -0.1) is 5.73 Å². The molecule has 1 fully saturated rings. The maximum atomic E-state index is 14.5. The Morgan fingerprint density at radius 2 is 2.00 bits per heavy atom. The van der Waals surface area contributed by atoms with Crippen LogP contribution in [0.2, 0.25) is 0 Å². The van der Waals surface area contributed by atoms with E-state index in [9.17, 15) is 8.78 Å². The molecule has 0 bridgehead atoms. The topological polar surface area (TPSA) is 36.2 Å². The summed E-state index contributed by atoms with van der Waals surface area (Å²) < 4.78 is 28.7. The van der Waals surface area contributed by atoms with Crippen molar-refractivity contribution in [3.63, 3.8) is 0 Å². The predicted octanol–water partition coefficient (Wildman–Crippen LogP) is 6.59. The van der Waals surface area contributed by atoms with Crippen LogP contribution >= 0.6 is 0 Å². The molecule has 0 aromatic rings. The first-order valence-electron chi connectivity index (χ1n) is 10.9. The van der Waals surface area contributed by atoms with Crippen molar-refractivity contribution in [1.29, 1.82) is 5.41 Å². The normalized spacial score (nSPS) is 31.4. The molecule has 1 N–H and O–H groups in total. The van der Waals surface area contributed by atoms with Crippen molar-refractivity contribution >= 4 is 11.4 Å². The van der Waals surface area contributed by atoms with E-state index >= 15 is 0 Å². The summed E-state index contributed by atoms with van der Waals surface area (Å²) in [6, 6.07) is -0.0299. The second-order valence-corrected chi connectivity index (χ2v) is 8.73. The van der Waals surface area contributed by atoms with Crippen molar-refractivity contribution in [2.24, 2.45) is 16.8 Å². The quantitative estimate of drug-likeness (QED) is 0.531. The fourth-order valence-electron chi connectivity index (χ4n) is 5.28. The van der Waals surface area contributed by atoms with Crippen molar-refractivity contribution in [1.82, 2.24) is 0 Å². The average molecular weight is 385 g/mol. The predicted molar refractivity (Wildman–Crippen MR) is 110 cm³/mol. The van der Waals surface area contributed by atoms with Gasteiger partial charge in [0.15, 0.2) is 0 Å². The fraction of sp³-hybridized carbons (Fsp3) is 0.625. The third kappa shape index (κ3) is 4.27. The Morgan fingerprint density at radius 3 is 2.82 bits per heavy atom. The van der Waals surface area contributed by atoms with Crippen LogP contribution in [0.1, 0.15) is 70.6 Å². The van der Waals surface area contributed by atoms with E-state index in [2.05, 4.69) is 5.73 Å². The molecule has 1 saturated carbocycles. The Morgan fingerprint density at radius 1 is 1.18 bits per heavy atom. The Balaban J connectivity index is 1.52. The molecule has 3 atom stereocenters. The highest BCUT2D eigenvalue weighted by atomic mass is 19.1. The largest absolute Gasteiger partial charge is 0.305 e. The molecule has 0 aromatic carbocycles. The van der Waals surface area contributed by atoms with Crippen molar-refractivity contribution in [2.45, 2.75) is 82.8 Å². The molecule has 3 aliphatic carbocycles. The highest BCUT2D eigenvalue weighted by molar-refractivity contribution is 6.02. The lowest BCUT2D eigenvalue weighted by Gasteiger charge is -2.33. The van der Waals surface area contributed by atoms with Crippen LogP contribution in [-0.2, 0) is 0 Å². The average Bonchev–Trinajstić information content (AvgIpc) is 2.90. The number of halogens is 2. The molecule has 0 radical (unpaired) electrons. The van der Waals surface area contributed by atoms with Crippen LogP contribution < -0.4 is 0 Å². The summed E-state index contributed by atoms with van der Waals surface area (Å²) in [5.74, 6) is 0.649. The molecule has 1 aliphatic heterocycles. The minimum absolute atomic E-state index is 0.0299. The summed E-state index contributed by atoms with van der Waals surface area (Å²) in [4.78, 5) is 4.84. The first-order chi connectivity index (χ1) is 13.6. The van der Waals surface area contributed by atoms with Crippen LogP contribution in [0.15, 0.2) is 45.9 Å². The molecule has 4 aliphatic rings. The van der Waals surface area contributed by atoms with Crippen molar-refractivity contribution in [3.05, 3.63) is 40.9 Å². The van der Waals surface area contributed by atoms with E-state index in [4.69, 9.17) is 10.4 Å². The number of allylic oxidation sites excluding steroid dienone is 3. The first kappa shape index (κ1) is 19.5. The molecule has 2 nitrogen and oxygen atoms in total. The summed E-state index contributed by atoms with van der Waals surface area (Å²) in [5, 5.41) is 8.26. The molecule has 1 heterocycles. The van der Waals surface area contributed by atoms with E-state index in [1.807, 2.05) is 0 Å². The Bertz CT molecular complexity index is 776. The molecule has 28 heavy (non-hydrogen) atoms. The standard InChI is InChI=1S/C24H30F2N2/c25-17-7-4-8-18-20(15-17)19(10-12-22(18)27)23-14-11-21(26)24(28-23)13-9-16-5-2-1-3-6-16/h7-8,11,16-17,19,23,27H,1-3,5-6,9-10,12-15H2. The van der Waals surface area contributed by atoms with Crippen LogP contribution in [0, 0.1) is 17.2 Å². The number of dihydropyridines is 1. The monoisotopic (exact) mass is 384 g/mol. The van der Waals surface area contributed by atoms with E-state index in [0.29, 0.717) is 43.0 Å². The lowest BCUT2D eigenvalue weighted by molar-refractivity contribution is 0.341. The van der Waals surface area contributed by atoms with Crippen LogP contribution in [0.5, 0.6) is 0 Å². The number of alkyl halides is 1. The number of nitrogens with zero attached hydrogens (tertiary/aromatic N) is 1. The Kier molecular flexibility index (Phi) is 6.06. The third-order valence-electron chi connectivity index (χ3n) is 6.86. The summed E-state index contributed by atoms with van der Waals surface area (Å²) in [5.41, 5.74) is 5.90. The minimum atomic E-state index is -1.07. The molecule has 150 valence electrons. The maximum Gasteiger partial charge on any atom is 0.140 e. The van der Waals surface area contributed by atoms with E-state index in [1.165, 1.54) is 38.2 Å². The van der Waals surface area contributed by atoms with Gasteiger partial charge in [-0.25, -0.2) is 8.78 Å². The van der Waals surface area contributed by atoms with Crippen LogP contribution in [0.3, 0.4) is 0 Å². The van der Waals surface area contributed by atoms with Gasteiger partial charge in [0.25, 0.3) is 0 Å². The minimum Gasteiger partial charge on any atom is -0.305 e. The fourth-order valence-corrected chi connectivity index (χ4v) is 5.28. The van der Waals surface area contributed by atoms with Crippen molar-refractivity contribution < 1.29 is 8.78 Å². The number of hydrogen-bond acceptors (Lipinski definition) is 2. The van der Waals surface area contributed by atoms with Gasteiger partial charge >= 0.3 is 0 Å². The Hall–Kier alpha value is -1.80. The molecular formula is C24H30F2N2. The highest BCUT2D eigenvalue weighted by Crippen LogP contribution is 2.39. The zero-order valence-electron chi connectivity index (χ0n) is 16.5. The van der Waals surface area contributed by atoms with E-state index < -0.39 is 6.17 Å². The first-order valence-corrected chi connectivity index (χ1v) is 10.9. The van der Waals surface area contributed by atoms with Gasteiger partial charge in [0.1, 0.15) is 12.0 Å². The van der Waals surface area contributed by atoms with Gasteiger partial charge < -0.3 is 5.41 Å². The zero-order chi connectivity index (χ0) is 19.5. The lowest BCUT2D eigenvalue weighted by atomic mass is 9.75. The van der Waals surface area contributed by atoms with Gasteiger partial charge in [-0.2, -0.15) is 0 Å². The van der Waals surface area contributed by atoms with Crippen LogP contribution in [-0.4, -0.2) is 23.6 Å². The van der Waals surface area contributed by atoms with Gasteiger partial charge in [-0.05, 0) is 56.3 Å². The van der Waals surface area contributed by atoms with E-state index in [1.54, 1.807) is 12.2 Å². The van der Waals surface area contributed by atoms with Crippen LogP contribution in [0.25, 0.3) is 0 Å². The number of rotatable bonds is 4.